The molecule has 2 amide bonds. The molecule has 2 atom stereocenters. The minimum atomic E-state index is -4.48. The van der Waals surface area contributed by atoms with Crippen molar-refractivity contribution < 1.29 is 37.8 Å². The van der Waals surface area contributed by atoms with E-state index in [1.165, 1.54) is 12.1 Å². The Morgan fingerprint density at radius 3 is 2.12 bits per heavy atom. The zero-order valence-electron chi connectivity index (χ0n) is 25.1. The van der Waals surface area contributed by atoms with Crippen molar-refractivity contribution in [3.63, 3.8) is 0 Å². The minimum Gasteiger partial charge on any atom is -0.400 e. The van der Waals surface area contributed by atoms with Crippen LogP contribution >= 0.6 is 0 Å². The number of hydrogen-bond donors (Lipinski definition) is 3. The van der Waals surface area contributed by atoms with Gasteiger partial charge in [-0.3, -0.25) is 14.6 Å². The Hall–Kier alpha value is -3.57. The maximum absolute atomic E-state index is 14.0. The number of rotatable bonds is 7. The lowest BCUT2D eigenvalue weighted by Gasteiger charge is -2.46. The molecule has 1 heterocycles. The summed E-state index contributed by atoms with van der Waals surface area (Å²) >= 11 is 0. The molecule has 0 aromatic heterocycles. The van der Waals surface area contributed by atoms with Crippen molar-refractivity contribution in [3.8, 4) is 0 Å². The van der Waals surface area contributed by atoms with Crippen LogP contribution in [0.25, 0.3) is 0 Å². The maximum Gasteiger partial charge on any atom is 0.416 e. The van der Waals surface area contributed by atoms with Crippen molar-refractivity contribution in [2.45, 2.75) is 77.4 Å². The van der Waals surface area contributed by atoms with Crippen molar-refractivity contribution in [1.29, 1.82) is 0 Å². The largest absolute Gasteiger partial charge is 0.416 e. The molecule has 0 saturated heterocycles. The predicted octanol–water partition coefficient (Wildman–Crippen LogP) is 4.93. The van der Waals surface area contributed by atoms with Gasteiger partial charge in [-0.1, -0.05) is 45.0 Å². The van der Waals surface area contributed by atoms with Crippen molar-refractivity contribution in [2.75, 3.05) is 13.7 Å². The van der Waals surface area contributed by atoms with Gasteiger partial charge in [-0.15, -0.1) is 0 Å². The highest BCUT2D eigenvalue weighted by Gasteiger charge is 2.52. The molecule has 43 heavy (non-hydrogen) atoms. The smallest absolute Gasteiger partial charge is 0.400 e. The molecule has 2 aromatic rings. The lowest BCUT2D eigenvalue weighted by atomic mass is 9.69. The van der Waals surface area contributed by atoms with E-state index in [-0.39, 0.29) is 23.6 Å². The summed E-state index contributed by atoms with van der Waals surface area (Å²) in [5, 5.41) is 18.9. The van der Waals surface area contributed by atoms with Gasteiger partial charge in [-0.05, 0) is 73.8 Å². The summed E-state index contributed by atoms with van der Waals surface area (Å²) in [5.41, 5.74) is 0.0838. The molecule has 0 radical (unpaired) electrons. The molecule has 4 rings (SSSR count). The molecule has 1 aliphatic carbocycles. The molecule has 0 bridgehead atoms. The highest BCUT2D eigenvalue weighted by Crippen LogP contribution is 2.49. The second-order valence-corrected chi connectivity index (χ2v) is 12.0. The molecule has 1 fully saturated rings. The Morgan fingerprint density at radius 2 is 1.63 bits per heavy atom. The van der Waals surface area contributed by atoms with Gasteiger partial charge < -0.3 is 25.2 Å². The number of nitrogens with zero attached hydrogens (tertiary/aromatic N) is 2. The van der Waals surface area contributed by atoms with Crippen molar-refractivity contribution in [3.05, 3.63) is 70.8 Å². The Morgan fingerprint density at radius 1 is 1.07 bits per heavy atom. The van der Waals surface area contributed by atoms with Crippen LogP contribution in [0.15, 0.2) is 53.5 Å². The molecule has 3 N–H and O–H groups in total. The van der Waals surface area contributed by atoms with Crippen molar-refractivity contribution in [2.24, 2.45) is 16.3 Å². The third kappa shape index (κ3) is 7.51. The summed E-state index contributed by atoms with van der Waals surface area (Å²) in [6, 6.07) is 10.8. The summed E-state index contributed by atoms with van der Waals surface area (Å²) in [6.07, 6.45) is -2.45. The van der Waals surface area contributed by atoms with Crippen LogP contribution in [0, 0.1) is 11.3 Å². The first-order chi connectivity index (χ1) is 20.2. The number of aliphatic imine (C=N–C) groups is 1. The SMILES string of the molecule is CC(c1ccc(C(=O)NCC(O)C=O)cc1)N1C(=O)C(c2ccc(C(F)(F)F)cc2)=NC12CCC(C(C)(C)C)CC2.CO. The van der Waals surface area contributed by atoms with Gasteiger partial charge in [-0.25, -0.2) is 0 Å². The Labute approximate surface area is 250 Å². The lowest BCUT2D eigenvalue weighted by molar-refractivity contribution is -0.137. The molecule has 2 unspecified atom stereocenters. The number of carbonyl (C=O) groups is 3. The lowest BCUT2D eigenvalue weighted by Crippen LogP contribution is -2.50. The standard InChI is InChI=1S/C31H36F3N3O4.CH4O/c1-19(20-5-7-22(8-6-20)27(40)35-17-25(39)18-38)37-28(41)26(21-9-11-24(12-10-21)31(32,33)34)36-30(37)15-13-23(14-16-30)29(2,3)4;1-2/h5-12,18-19,23,25,39H,13-17H2,1-4H3,(H,35,40);2H,1H3. The fourth-order valence-electron chi connectivity index (χ4n) is 5.86. The van der Waals surface area contributed by atoms with Crippen LogP contribution < -0.4 is 5.32 Å². The first-order valence-electron chi connectivity index (χ1n) is 14.2. The van der Waals surface area contributed by atoms with Crippen LogP contribution in [0.5, 0.6) is 0 Å². The highest BCUT2D eigenvalue weighted by molar-refractivity contribution is 6.46. The van der Waals surface area contributed by atoms with Gasteiger partial charge in [0.1, 0.15) is 23.8 Å². The van der Waals surface area contributed by atoms with Gasteiger partial charge >= 0.3 is 6.18 Å². The molecule has 2 aliphatic rings. The number of aldehydes is 1. The van der Waals surface area contributed by atoms with Crippen LogP contribution in [0.3, 0.4) is 0 Å². The van der Waals surface area contributed by atoms with Crippen LogP contribution in [0.4, 0.5) is 13.2 Å². The van der Waals surface area contributed by atoms with E-state index in [0.29, 0.717) is 36.2 Å². The van der Waals surface area contributed by atoms with E-state index in [2.05, 4.69) is 26.1 Å². The summed E-state index contributed by atoms with van der Waals surface area (Å²) in [5.74, 6) is -0.343. The molecule has 8 nitrogen and oxygen atoms in total. The van der Waals surface area contributed by atoms with Gasteiger partial charge in [0.2, 0.25) is 0 Å². The van der Waals surface area contributed by atoms with Crippen molar-refractivity contribution in [1.82, 2.24) is 10.2 Å². The van der Waals surface area contributed by atoms with E-state index in [1.54, 1.807) is 29.2 Å². The third-order valence-corrected chi connectivity index (χ3v) is 8.36. The first kappa shape index (κ1) is 33.9. The van der Waals surface area contributed by atoms with E-state index >= 15 is 0 Å². The average Bonchev–Trinajstić information content (AvgIpc) is 3.26. The van der Waals surface area contributed by atoms with Crippen LogP contribution in [0.1, 0.15) is 86.5 Å². The number of halogens is 3. The fraction of sp³-hybridized carbons (Fsp3) is 0.500. The van der Waals surface area contributed by atoms with E-state index < -0.39 is 35.5 Å². The molecular weight excluding hydrogens is 563 g/mol. The van der Waals surface area contributed by atoms with Crippen molar-refractivity contribution >= 4 is 23.8 Å². The summed E-state index contributed by atoms with van der Waals surface area (Å²) in [4.78, 5) is 43.7. The normalized spacial score (nSPS) is 21.9. The molecule has 2 aromatic carbocycles. The number of carbonyl (C=O) groups excluding carboxylic acids is 3. The first-order valence-corrected chi connectivity index (χ1v) is 14.2. The van der Waals surface area contributed by atoms with E-state index in [4.69, 9.17) is 10.1 Å². The van der Waals surface area contributed by atoms with E-state index in [9.17, 15) is 32.7 Å². The predicted molar refractivity (Wildman–Crippen MR) is 156 cm³/mol. The number of benzene rings is 2. The van der Waals surface area contributed by atoms with E-state index in [1.807, 2.05) is 6.92 Å². The number of aliphatic hydroxyl groups excluding tert-OH is 2. The van der Waals surface area contributed by atoms with E-state index in [0.717, 1.165) is 37.6 Å². The second kappa shape index (κ2) is 13.4. The highest BCUT2D eigenvalue weighted by atomic mass is 19.4. The summed E-state index contributed by atoms with van der Waals surface area (Å²) < 4.78 is 39.5. The molecule has 1 saturated carbocycles. The summed E-state index contributed by atoms with van der Waals surface area (Å²) in [6.45, 7) is 8.28. The second-order valence-electron chi connectivity index (χ2n) is 12.0. The van der Waals surface area contributed by atoms with Gasteiger partial charge in [0.05, 0.1) is 18.2 Å². The summed E-state index contributed by atoms with van der Waals surface area (Å²) in [7, 11) is 1.00. The topological polar surface area (TPSA) is 119 Å². The average molecular weight is 604 g/mol. The molecular formula is C32H40F3N3O5. The molecule has 1 aliphatic heterocycles. The Balaban J connectivity index is 0.00000248. The van der Waals surface area contributed by atoms with Gasteiger partial charge in [0.15, 0.2) is 0 Å². The number of hydrogen-bond acceptors (Lipinski definition) is 6. The maximum atomic E-state index is 14.0. The van der Waals surface area contributed by atoms with Gasteiger partial charge in [0.25, 0.3) is 11.8 Å². The van der Waals surface area contributed by atoms with Crippen LogP contribution in [-0.4, -0.2) is 64.3 Å². The Bertz CT molecular complexity index is 1310. The third-order valence-electron chi connectivity index (χ3n) is 8.36. The molecule has 234 valence electrons. The fourth-order valence-corrected chi connectivity index (χ4v) is 5.86. The van der Waals surface area contributed by atoms with Gasteiger partial charge in [-0.2, -0.15) is 13.2 Å². The van der Waals surface area contributed by atoms with Crippen LogP contribution in [0.2, 0.25) is 0 Å². The zero-order valence-corrected chi connectivity index (χ0v) is 25.1. The van der Waals surface area contributed by atoms with Gasteiger partial charge in [0, 0.05) is 18.2 Å². The molecule has 11 heteroatoms. The van der Waals surface area contributed by atoms with Crippen LogP contribution in [-0.2, 0) is 15.8 Å². The monoisotopic (exact) mass is 603 g/mol. The molecule has 1 spiro atoms. The zero-order chi connectivity index (χ0) is 32.2. The number of nitrogens with one attached hydrogen (secondary N) is 1. The number of aliphatic hydroxyl groups is 2. The number of alkyl halides is 3. The quantitative estimate of drug-likeness (QED) is 0.388. The minimum absolute atomic E-state index is 0.0960. The Kier molecular flexibility index (Phi) is 10.6. The number of amides is 2.